The molecule has 0 amide bonds. The summed E-state index contributed by atoms with van der Waals surface area (Å²) in [6.07, 6.45) is 0. The van der Waals surface area contributed by atoms with Crippen molar-refractivity contribution in [1.82, 2.24) is 5.16 Å². The van der Waals surface area contributed by atoms with E-state index in [2.05, 4.69) is 4.52 Å². The first kappa shape index (κ1) is 9.13. The highest BCUT2D eigenvalue weighted by Crippen LogP contribution is 2.14. The summed E-state index contributed by atoms with van der Waals surface area (Å²) in [6, 6.07) is 3.36. The van der Waals surface area contributed by atoms with E-state index in [-0.39, 0.29) is 16.5 Å². The second-order valence-electron chi connectivity index (χ2n) is 2.81. The van der Waals surface area contributed by atoms with Crippen molar-refractivity contribution in [3.63, 3.8) is 0 Å². The van der Waals surface area contributed by atoms with Gasteiger partial charge in [-0.1, -0.05) is 0 Å². The first-order valence-corrected chi connectivity index (χ1v) is 3.89. The lowest BCUT2D eigenvalue weighted by Crippen LogP contribution is -2.13. The van der Waals surface area contributed by atoms with Gasteiger partial charge < -0.3 is 4.52 Å². The standard InChI is InChI=1S/C8H4N2O5/c11-7-6-3-4(10(13)14)1-2-5(6)8(12)15-9-7/h1-3H,(H,9,11). The van der Waals surface area contributed by atoms with Crippen molar-refractivity contribution in [2.75, 3.05) is 0 Å². The van der Waals surface area contributed by atoms with Crippen LogP contribution in [0.1, 0.15) is 0 Å². The van der Waals surface area contributed by atoms with E-state index in [1.165, 1.54) is 6.07 Å². The molecule has 1 aromatic carbocycles. The van der Waals surface area contributed by atoms with Gasteiger partial charge in [-0.2, -0.15) is 5.16 Å². The maximum absolute atomic E-state index is 11.2. The summed E-state index contributed by atoms with van der Waals surface area (Å²) in [7, 11) is 0. The fraction of sp³-hybridized carbons (Fsp3) is 0. The first-order valence-electron chi connectivity index (χ1n) is 3.89. The minimum Gasteiger partial charge on any atom is -0.335 e. The van der Waals surface area contributed by atoms with Crippen molar-refractivity contribution in [3.05, 3.63) is 49.1 Å². The summed E-state index contributed by atoms with van der Waals surface area (Å²) in [5.74, 6) is 0. The average molecular weight is 208 g/mol. The van der Waals surface area contributed by atoms with Crippen molar-refractivity contribution < 1.29 is 9.45 Å². The number of fused-ring (bicyclic) bond motifs is 1. The third-order valence-electron chi connectivity index (χ3n) is 1.91. The van der Waals surface area contributed by atoms with Crippen LogP contribution in [0.2, 0.25) is 0 Å². The first-order chi connectivity index (χ1) is 7.09. The maximum atomic E-state index is 11.2. The molecule has 0 bridgehead atoms. The van der Waals surface area contributed by atoms with Crippen molar-refractivity contribution in [3.8, 4) is 0 Å². The Morgan fingerprint density at radius 3 is 2.67 bits per heavy atom. The molecule has 0 fully saturated rings. The van der Waals surface area contributed by atoms with Gasteiger partial charge in [0.1, 0.15) is 0 Å². The lowest BCUT2D eigenvalue weighted by atomic mass is 10.2. The Morgan fingerprint density at radius 1 is 1.27 bits per heavy atom. The van der Waals surface area contributed by atoms with Crippen molar-refractivity contribution in [1.29, 1.82) is 0 Å². The maximum Gasteiger partial charge on any atom is 0.363 e. The van der Waals surface area contributed by atoms with E-state index in [0.29, 0.717) is 0 Å². The van der Waals surface area contributed by atoms with Gasteiger partial charge >= 0.3 is 5.63 Å². The quantitative estimate of drug-likeness (QED) is 0.538. The van der Waals surface area contributed by atoms with Gasteiger partial charge in [0.25, 0.3) is 11.2 Å². The van der Waals surface area contributed by atoms with Crippen LogP contribution in [0.25, 0.3) is 10.8 Å². The summed E-state index contributed by atoms with van der Waals surface area (Å²) < 4.78 is 4.31. The number of nitrogens with zero attached hydrogens (tertiary/aromatic N) is 1. The Bertz CT molecular complexity index is 654. The number of hydrogen-bond donors (Lipinski definition) is 1. The highest BCUT2D eigenvalue weighted by molar-refractivity contribution is 5.82. The smallest absolute Gasteiger partial charge is 0.335 e. The molecular formula is C8H4N2O5. The molecule has 15 heavy (non-hydrogen) atoms. The summed E-state index contributed by atoms with van der Waals surface area (Å²) in [6.45, 7) is 0. The summed E-state index contributed by atoms with van der Waals surface area (Å²) in [5.41, 5.74) is -1.66. The molecule has 2 aromatic rings. The second-order valence-corrected chi connectivity index (χ2v) is 2.81. The molecule has 76 valence electrons. The minimum absolute atomic E-state index is 0.0179. The van der Waals surface area contributed by atoms with Gasteiger partial charge in [-0.3, -0.25) is 14.9 Å². The SMILES string of the molecule is O=c1[nH]oc(=O)c2ccc([N+](=O)[O-])cc12. The number of nitro benzene ring substituents is 1. The largest absolute Gasteiger partial charge is 0.363 e. The molecular weight excluding hydrogens is 204 g/mol. The molecule has 0 saturated heterocycles. The van der Waals surface area contributed by atoms with Crippen LogP contribution in [-0.4, -0.2) is 10.1 Å². The third-order valence-corrected chi connectivity index (χ3v) is 1.91. The van der Waals surface area contributed by atoms with Crippen LogP contribution >= 0.6 is 0 Å². The number of benzene rings is 1. The molecule has 0 aliphatic heterocycles. The van der Waals surface area contributed by atoms with Gasteiger partial charge in [0.05, 0.1) is 15.7 Å². The zero-order valence-corrected chi connectivity index (χ0v) is 7.22. The molecule has 7 heteroatoms. The number of nitro groups is 1. The monoisotopic (exact) mass is 208 g/mol. The third kappa shape index (κ3) is 1.39. The molecule has 0 unspecified atom stereocenters. The Labute approximate surface area is 81.1 Å². The molecule has 7 nitrogen and oxygen atoms in total. The van der Waals surface area contributed by atoms with Gasteiger partial charge in [-0.05, 0) is 6.07 Å². The van der Waals surface area contributed by atoms with E-state index < -0.39 is 16.1 Å². The van der Waals surface area contributed by atoms with Gasteiger partial charge in [0.2, 0.25) is 0 Å². The lowest BCUT2D eigenvalue weighted by Gasteiger charge is -1.94. The minimum atomic E-state index is -0.737. The predicted molar refractivity (Wildman–Crippen MR) is 49.8 cm³/mol. The second kappa shape index (κ2) is 3.05. The number of non-ortho nitro benzene ring substituents is 1. The van der Waals surface area contributed by atoms with Crippen LogP contribution in [0.4, 0.5) is 5.69 Å². The lowest BCUT2D eigenvalue weighted by molar-refractivity contribution is -0.384. The summed E-state index contributed by atoms with van der Waals surface area (Å²) in [5, 5.41) is 12.2. The highest BCUT2D eigenvalue weighted by Gasteiger charge is 2.10. The number of rotatable bonds is 1. The van der Waals surface area contributed by atoms with E-state index in [1.807, 2.05) is 5.16 Å². The van der Waals surface area contributed by atoms with Crippen LogP contribution < -0.4 is 11.2 Å². The van der Waals surface area contributed by atoms with Gasteiger partial charge in [0, 0.05) is 12.1 Å². The molecule has 0 aliphatic carbocycles. The summed E-state index contributed by atoms with van der Waals surface area (Å²) >= 11 is 0. The van der Waals surface area contributed by atoms with Crippen LogP contribution in [0.3, 0.4) is 0 Å². The van der Waals surface area contributed by atoms with Crippen molar-refractivity contribution >= 4 is 16.5 Å². The molecule has 1 heterocycles. The van der Waals surface area contributed by atoms with E-state index in [9.17, 15) is 19.7 Å². The fourth-order valence-corrected chi connectivity index (χ4v) is 1.21. The van der Waals surface area contributed by atoms with E-state index >= 15 is 0 Å². The molecule has 1 N–H and O–H groups in total. The van der Waals surface area contributed by atoms with Crippen LogP contribution in [0.15, 0.2) is 32.3 Å². The van der Waals surface area contributed by atoms with E-state index in [4.69, 9.17) is 0 Å². The zero-order chi connectivity index (χ0) is 11.0. The molecule has 0 aliphatic rings. The number of aromatic amines is 1. The molecule has 2 rings (SSSR count). The van der Waals surface area contributed by atoms with E-state index in [1.54, 1.807) is 0 Å². The Hall–Kier alpha value is -2.44. The molecule has 0 saturated carbocycles. The zero-order valence-electron chi connectivity index (χ0n) is 7.22. The molecule has 1 aromatic heterocycles. The van der Waals surface area contributed by atoms with Crippen molar-refractivity contribution in [2.45, 2.75) is 0 Å². The van der Waals surface area contributed by atoms with Crippen LogP contribution in [-0.2, 0) is 0 Å². The van der Waals surface area contributed by atoms with Gasteiger partial charge in [0.15, 0.2) is 0 Å². The topological polar surface area (TPSA) is 106 Å². The molecule has 0 atom stereocenters. The normalized spacial score (nSPS) is 10.4. The van der Waals surface area contributed by atoms with Gasteiger partial charge in [-0.25, -0.2) is 4.79 Å². The number of aromatic nitrogens is 1. The number of hydrogen-bond acceptors (Lipinski definition) is 5. The summed E-state index contributed by atoms with van der Waals surface area (Å²) in [4.78, 5) is 32.1. The highest BCUT2D eigenvalue weighted by atomic mass is 16.6. The molecule has 0 radical (unpaired) electrons. The van der Waals surface area contributed by atoms with Crippen molar-refractivity contribution in [2.24, 2.45) is 0 Å². The Kier molecular flexibility index (Phi) is 1.86. The van der Waals surface area contributed by atoms with Crippen LogP contribution in [0.5, 0.6) is 0 Å². The van der Waals surface area contributed by atoms with E-state index in [0.717, 1.165) is 12.1 Å². The molecule has 0 spiro atoms. The van der Waals surface area contributed by atoms with Crippen LogP contribution in [0, 0.1) is 10.1 Å². The predicted octanol–water partition coefficient (Wildman–Crippen LogP) is 0.389. The number of nitrogens with one attached hydrogen (secondary N) is 1. The Morgan fingerprint density at radius 2 is 2.00 bits per heavy atom. The Balaban J connectivity index is 2.94. The fourth-order valence-electron chi connectivity index (χ4n) is 1.21. The van der Waals surface area contributed by atoms with Gasteiger partial charge in [-0.15, -0.1) is 0 Å². The average Bonchev–Trinajstić information content (AvgIpc) is 2.23. The number of H-pyrrole nitrogens is 1.